The Hall–Kier alpha value is -1.26. The Balaban J connectivity index is 0.00000243. The Labute approximate surface area is 167 Å². The number of anilines is 1. The molecule has 1 aromatic carbocycles. The first-order valence-corrected chi connectivity index (χ1v) is 8.43. The van der Waals surface area contributed by atoms with Gasteiger partial charge in [0.1, 0.15) is 5.82 Å². The summed E-state index contributed by atoms with van der Waals surface area (Å²) < 4.78 is 52.5. The van der Waals surface area contributed by atoms with E-state index in [1.165, 1.54) is 12.1 Å². The fourth-order valence-corrected chi connectivity index (χ4v) is 3.31. The summed E-state index contributed by atoms with van der Waals surface area (Å²) in [5, 5.41) is 0. The van der Waals surface area contributed by atoms with Gasteiger partial charge in [-0.25, -0.2) is 4.39 Å². The van der Waals surface area contributed by atoms with E-state index < -0.39 is 11.6 Å². The molecule has 2 N–H and O–H groups in total. The second-order valence-corrected chi connectivity index (χ2v) is 6.76. The van der Waals surface area contributed by atoms with Crippen LogP contribution in [0.15, 0.2) is 29.3 Å². The summed E-state index contributed by atoms with van der Waals surface area (Å²) in [5.74, 6) is -0.109. The number of aliphatic imine (C=N–C) groups is 1. The van der Waals surface area contributed by atoms with Crippen LogP contribution in [0.3, 0.4) is 0 Å². The van der Waals surface area contributed by atoms with E-state index >= 15 is 0 Å². The lowest BCUT2D eigenvalue weighted by Gasteiger charge is -2.42. The molecule has 1 saturated heterocycles. The second kappa shape index (κ2) is 8.18. The van der Waals surface area contributed by atoms with E-state index in [2.05, 4.69) is 9.89 Å². The molecule has 4 nitrogen and oxygen atoms in total. The van der Waals surface area contributed by atoms with Crippen LogP contribution in [0.1, 0.15) is 19.3 Å². The third kappa shape index (κ3) is 4.34. The molecule has 1 saturated carbocycles. The molecular formula is C17H23F4IN4. The maximum absolute atomic E-state index is 13.2. The molecular weight excluding hydrogens is 463 g/mol. The van der Waals surface area contributed by atoms with Crippen molar-refractivity contribution in [3.05, 3.63) is 30.1 Å². The van der Waals surface area contributed by atoms with Crippen molar-refractivity contribution in [1.82, 2.24) is 4.90 Å². The highest BCUT2D eigenvalue weighted by molar-refractivity contribution is 14.0. The zero-order chi connectivity index (χ0) is 18.1. The molecule has 1 aliphatic heterocycles. The zero-order valence-corrected chi connectivity index (χ0v) is 16.6. The van der Waals surface area contributed by atoms with Crippen molar-refractivity contribution in [3.8, 4) is 0 Å². The lowest BCUT2D eigenvalue weighted by atomic mass is 9.68. The highest BCUT2D eigenvalue weighted by Crippen LogP contribution is 2.53. The SMILES string of the molecule is I.NC(=NCC1(C(F)(F)F)CCC1)N1CCN(c2ccc(F)cc2)CC1. The van der Waals surface area contributed by atoms with Gasteiger partial charge >= 0.3 is 6.18 Å². The first-order chi connectivity index (χ1) is 11.8. The molecule has 1 aliphatic carbocycles. The number of benzene rings is 1. The summed E-state index contributed by atoms with van der Waals surface area (Å²) in [6, 6.07) is 6.25. The molecule has 9 heteroatoms. The molecule has 0 unspecified atom stereocenters. The van der Waals surface area contributed by atoms with Crippen LogP contribution < -0.4 is 10.6 Å². The molecule has 3 rings (SSSR count). The fourth-order valence-electron chi connectivity index (χ4n) is 3.31. The van der Waals surface area contributed by atoms with Gasteiger partial charge in [0.15, 0.2) is 5.96 Å². The highest BCUT2D eigenvalue weighted by Gasteiger charge is 2.58. The number of nitrogens with zero attached hydrogens (tertiary/aromatic N) is 3. The van der Waals surface area contributed by atoms with Crippen molar-refractivity contribution in [2.75, 3.05) is 37.6 Å². The van der Waals surface area contributed by atoms with Gasteiger partial charge in [0, 0.05) is 31.9 Å². The topological polar surface area (TPSA) is 44.9 Å². The van der Waals surface area contributed by atoms with Gasteiger partial charge in [-0.1, -0.05) is 6.42 Å². The molecule has 0 spiro atoms. The molecule has 1 heterocycles. The Kier molecular flexibility index (Phi) is 6.62. The standard InChI is InChI=1S/C17H22F4N4.HI/c18-13-2-4-14(5-3-13)24-8-10-25(11-9-24)15(22)23-12-16(6-1-7-16)17(19,20)21;/h2-5H,1,6-12H2,(H2,22,23);1H. The van der Waals surface area contributed by atoms with Crippen LogP contribution in [0.4, 0.5) is 23.2 Å². The summed E-state index contributed by atoms with van der Waals surface area (Å²) in [7, 11) is 0. The number of hydrogen-bond acceptors (Lipinski definition) is 2. The molecule has 2 fully saturated rings. The van der Waals surface area contributed by atoms with Crippen molar-refractivity contribution in [1.29, 1.82) is 0 Å². The van der Waals surface area contributed by atoms with Crippen LogP contribution in [0.5, 0.6) is 0 Å². The molecule has 0 atom stereocenters. The summed E-state index contributed by atoms with van der Waals surface area (Å²) in [5.41, 5.74) is 5.15. The van der Waals surface area contributed by atoms with Crippen molar-refractivity contribution >= 4 is 35.6 Å². The minimum absolute atomic E-state index is 0. The van der Waals surface area contributed by atoms with Crippen LogP contribution >= 0.6 is 24.0 Å². The van der Waals surface area contributed by atoms with Crippen molar-refractivity contribution in [3.63, 3.8) is 0 Å². The maximum atomic E-state index is 13.2. The lowest BCUT2D eigenvalue weighted by Crippen LogP contribution is -2.52. The van der Waals surface area contributed by atoms with E-state index in [9.17, 15) is 17.6 Å². The maximum Gasteiger partial charge on any atom is 0.396 e. The number of guanidine groups is 1. The number of rotatable bonds is 3. The highest BCUT2D eigenvalue weighted by atomic mass is 127. The van der Waals surface area contributed by atoms with Gasteiger partial charge in [0.05, 0.1) is 12.0 Å². The van der Waals surface area contributed by atoms with Crippen LogP contribution in [0, 0.1) is 11.2 Å². The molecule has 0 bridgehead atoms. The van der Waals surface area contributed by atoms with E-state index in [1.54, 1.807) is 12.1 Å². The predicted octanol–water partition coefficient (Wildman–Crippen LogP) is 3.61. The average Bonchev–Trinajstić information content (AvgIpc) is 2.53. The number of nitrogens with two attached hydrogens (primary N) is 1. The summed E-state index contributed by atoms with van der Waals surface area (Å²) >= 11 is 0. The van der Waals surface area contributed by atoms with Crippen LogP contribution in [0.2, 0.25) is 0 Å². The predicted molar refractivity (Wildman–Crippen MR) is 104 cm³/mol. The smallest absolute Gasteiger partial charge is 0.370 e. The quantitative estimate of drug-likeness (QED) is 0.308. The largest absolute Gasteiger partial charge is 0.396 e. The van der Waals surface area contributed by atoms with Gasteiger partial charge in [0.2, 0.25) is 0 Å². The fraction of sp³-hybridized carbons (Fsp3) is 0.588. The first-order valence-electron chi connectivity index (χ1n) is 8.43. The molecule has 2 aliphatic rings. The Morgan fingerprint density at radius 3 is 2.12 bits per heavy atom. The average molecular weight is 486 g/mol. The number of hydrogen-bond donors (Lipinski definition) is 1. The third-order valence-electron chi connectivity index (χ3n) is 5.25. The summed E-state index contributed by atoms with van der Waals surface area (Å²) in [6.45, 7) is 2.18. The van der Waals surface area contributed by atoms with E-state index in [0.29, 0.717) is 32.6 Å². The Morgan fingerprint density at radius 1 is 1.08 bits per heavy atom. The molecule has 0 aromatic heterocycles. The Morgan fingerprint density at radius 2 is 1.65 bits per heavy atom. The number of halogens is 5. The van der Waals surface area contributed by atoms with Gasteiger partial charge in [0.25, 0.3) is 0 Å². The monoisotopic (exact) mass is 486 g/mol. The van der Waals surface area contributed by atoms with Crippen molar-refractivity contribution in [2.24, 2.45) is 16.1 Å². The van der Waals surface area contributed by atoms with Gasteiger partial charge in [-0.2, -0.15) is 13.2 Å². The minimum Gasteiger partial charge on any atom is -0.370 e. The van der Waals surface area contributed by atoms with Gasteiger partial charge < -0.3 is 15.5 Å². The Bertz CT molecular complexity index is 621. The van der Waals surface area contributed by atoms with E-state index in [1.807, 2.05) is 4.90 Å². The summed E-state index contributed by atoms with van der Waals surface area (Å²) in [6.07, 6.45) is -3.38. The van der Waals surface area contributed by atoms with E-state index in [4.69, 9.17) is 5.73 Å². The molecule has 0 radical (unpaired) electrons. The van der Waals surface area contributed by atoms with Crippen molar-refractivity contribution < 1.29 is 17.6 Å². The number of alkyl halides is 3. The molecule has 1 aromatic rings. The van der Waals surface area contributed by atoms with E-state index in [0.717, 1.165) is 5.69 Å². The van der Waals surface area contributed by atoms with Gasteiger partial charge in [-0.15, -0.1) is 24.0 Å². The third-order valence-corrected chi connectivity index (χ3v) is 5.25. The van der Waals surface area contributed by atoms with Gasteiger partial charge in [-0.05, 0) is 37.1 Å². The zero-order valence-electron chi connectivity index (χ0n) is 14.3. The van der Waals surface area contributed by atoms with Crippen LogP contribution in [0.25, 0.3) is 0 Å². The second-order valence-electron chi connectivity index (χ2n) is 6.76. The summed E-state index contributed by atoms with van der Waals surface area (Å²) in [4.78, 5) is 7.95. The molecule has 0 amide bonds. The minimum atomic E-state index is -4.23. The number of piperazine rings is 1. The first kappa shape index (κ1) is 21.0. The molecule has 146 valence electrons. The van der Waals surface area contributed by atoms with Crippen molar-refractivity contribution in [2.45, 2.75) is 25.4 Å². The van der Waals surface area contributed by atoms with Gasteiger partial charge in [-0.3, -0.25) is 4.99 Å². The van der Waals surface area contributed by atoms with Crippen LogP contribution in [-0.2, 0) is 0 Å². The lowest BCUT2D eigenvalue weighted by molar-refractivity contribution is -0.246. The normalized spacial score (nSPS) is 20.4. The van der Waals surface area contributed by atoms with Crippen LogP contribution in [-0.4, -0.2) is 49.8 Å². The molecule has 26 heavy (non-hydrogen) atoms. The van der Waals surface area contributed by atoms with E-state index in [-0.39, 0.29) is 55.1 Å².